The lowest BCUT2D eigenvalue weighted by Crippen LogP contribution is -2.40. The Morgan fingerprint density at radius 3 is 2.54 bits per heavy atom. The van der Waals surface area contributed by atoms with E-state index >= 15 is 0 Å². The maximum atomic E-state index is 4.32. The maximum absolute atomic E-state index is 4.32. The van der Waals surface area contributed by atoms with Crippen molar-refractivity contribution < 1.29 is 4.57 Å². The molecule has 0 radical (unpaired) electrons. The van der Waals surface area contributed by atoms with Gasteiger partial charge in [-0.1, -0.05) is 49.6 Å². The highest BCUT2D eigenvalue weighted by molar-refractivity contribution is 14.1. The largest absolute Gasteiger partial charge is 0.287 e. The summed E-state index contributed by atoms with van der Waals surface area (Å²) < 4.78 is 3.29. The van der Waals surface area contributed by atoms with Crippen LogP contribution in [0.3, 0.4) is 0 Å². The average Bonchev–Trinajstić information content (AvgIpc) is 2.57. The van der Waals surface area contributed by atoms with Gasteiger partial charge in [0.1, 0.15) is 11.4 Å². The molecule has 1 aromatic rings. The molecular formula is C21H24IN2+. The van der Waals surface area contributed by atoms with E-state index in [2.05, 4.69) is 108 Å². The number of allylic oxidation sites excluding steroid dienone is 8. The number of aromatic nitrogens is 1. The second kappa shape index (κ2) is 8.83. The van der Waals surface area contributed by atoms with Gasteiger partial charge in [-0.05, 0) is 43.5 Å². The summed E-state index contributed by atoms with van der Waals surface area (Å²) in [6.07, 6.45) is 16.8. The summed E-state index contributed by atoms with van der Waals surface area (Å²) >= 11 is 2.34. The molecule has 3 heteroatoms. The van der Waals surface area contributed by atoms with Crippen molar-refractivity contribution in [2.45, 2.75) is 19.8 Å². The van der Waals surface area contributed by atoms with Crippen molar-refractivity contribution in [3.63, 3.8) is 0 Å². The second-order valence-electron chi connectivity index (χ2n) is 5.68. The Morgan fingerprint density at radius 1 is 1.08 bits per heavy atom. The SMILES string of the molecule is C=C1/C=C\C=C/CC/C=C\C=C(\C)C(=C)N1c1cccc(I)[n+]1C. The molecule has 0 saturated carbocycles. The van der Waals surface area contributed by atoms with Gasteiger partial charge in [0.15, 0.2) is 3.70 Å². The molecule has 1 aliphatic rings. The molecule has 0 amide bonds. The van der Waals surface area contributed by atoms with Crippen molar-refractivity contribution in [1.82, 2.24) is 0 Å². The summed E-state index contributed by atoms with van der Waals surface area (Å²) in [5.74, 6) is 1.04. The molecule has 1 aromatic heterocycles. The molecule has 24 heavy (non-hydrogen) atoms. The topological polar surface area (TPSA) is 7.12 Å². The molecular weight excluding hydrogens is 407 g/mol. The van der Waals surface area contributed by atoms with E-state index in [-0.39, 0.29) is 0 Å². The van der Waals surface area contributed by atoms with E-state index in [1.54, 1.807) is 0 Å². The van der Waals surface area contributed by atoms with Gasteiger partial charge in [0.2, 0.25) is 0 Å². The molecule has 0 aliphatic carbocycles. The highest BCUT2D eigenvalue weighted by Gasteiger charge is 2.25. The highest BCUT2D eigenvalue weighted by Crippen LogP contribution is 2.25. The van der Waals surface area contributed by atoms with Gasteiger partial charge in [0, 0.05) is 28.7 Å². The van der Waals surface area contributed by atoms with Crippen LogP contribution in [0.1, 0.15) is 19.8 Å². The van der Waals surface area contributed by atoms with Crippen LogP contribution in [-0.4, -0.2) is 0 Å². The monoisotopic (exact) mass is 431 g/mol. The molecule has 2 nitrogen and oxygen atoms in total. The minimum Gasteiger partial charge on any atom is -0.224 e. The van der Waals surface area contributed by atoms with Crippen LogP contribution < -0.4 is 9.47 Å². The van der Waals surface area contributed by atoms with E-state index in [4.69, 9.17) is 0 Å². The van der Waals surface area contributed by atoms with Crippen molar-refractivity contribution in [3.05, 3.63) is 94.6 Å². The molecule has 1 aliphatic heterocycles. The molecule has 0 atom stereocenters. The van der Waals surface area contributed by atoms with Gasteiger partial charge in [0.25, 0.3) is 5.82 Å². The van der Waals surface area contributed by atoms with Gasteiger partial charge < -0.3 is 0 Å². The first kappa shape index (κ1) is 18.5. The molecule has 0 N–H and O–H groups in total. The first-order chi connectivity index (χ1) is 11.5. The van der Waals surface area contributed by atoms with E-state index in [1.165, 1.54) is 0 Å². The van der Waals surface area contributed by atoms with E-state index < -0.39 is 0 Å². The fourth-order valence-corrected chi connectivity index (χ4v) is 2.87. The first-order valence-electron chi connectivity index (χ1n) is 8.02. The second-order valence-corrected chi connectivity index (χ2v) is 6.79. The van der Waals surface area contributed by atoms with Gasteiger partial charge >= 0.3 is 0 Å². The van der Waals surface area contributed by atoms with Gasteiger partial charge in [-0.25, -0.2) is 4.57 Å². The van der Waals surface area contributed by atoms with Crippen LogP contribution in [-0.2, 0) is 7.05 Å². The number of rotatable bonds is 1. The number of nitrogens with zero attached hydrogens (tertiary/aromatic N) is 2. The lowest BCUT2D eigenvalue weighted by Gasteiger charge is -2.21. The Balaban J connectivity index is 2.54. The third kappa shape index (κ3) is 4.57. The zero-order valence-corrected chi connectivity index (χ0v) is 16.5. The van der Waals surface area contributed by atoms with Crippen molar-refractivity contribution >= 4 is 28.4 Å². The Hall–Kier alpha value is -1.88. The minimum atomic E-state index is 0.887. The quantitative estimate of drug-likeness (QED) is 0.330. The van der Waals surface area contributed by atoms with E-state index in [0.717, 1.165) is 39.3 Å². The Kier molecular flexibility index (Phi) is 6.79. The Morgan fingerprint density at radius 2 is 1.79 bits per heavy atom. The molecule has 0 spiro atoms. The first-order valence-corrected chi connectivity index (χ1v) is 9.09. The molecule has 2 rings (SSSR count). The summed E-state index contributed by atoms with van der Waals surface area (Å²) in [6, 6.07) is 6.23. The van der Waals surface area contributed by atoms with E-state index in [1.807, 2.05) is 12.2 Å². The predicted octanol–water partition coefficient (Wildman–Crippen LogP) is 5.36. The molecule has 0 unspecified atom stereocenters. The van der Waals surface area contributed by atoms with Gasteiger partial charge in [-0.3, -0.25) is 0 Å². The van der Waals surface area contributed by atoms with Crippen LogP contribution in [0.2, 0.25) is 0 Å². The van der Waals surface area contributed by atoms with Crippen molar-refractivity contribution in [2.75, 3.05) is 4.90 Å². The lowest BCUT2D eigenvalue weighted by molar-refractivity contribution is -0.671. The summed E-state index contributed by atoms with van der Waals surface area (Å²) in [5, 5.41) is 0. The highest BCUT2D eigenvalue weighted by atomic mass is 127. The van der Waals surface area contributed by atoms with Gasteiger partial charge in [0.05, 0.1) is 7.05 Å². The zero-order chi connectivity index (χ0) is 17.5. The van der Waals surface area contributed by atoms with Gasteiger partial charge in [-0.2, -0.15) is 4.90 Å². The number of pyridine rings is 1. The van der Waals surface area contributed by atoms with Crippen LogP contribution in [0, 0.1) is 3.70 Å². The molecule has 124 valence electrons. The smallest absolute Gasteiger partial charge is 0.224 e. The predicted molar refractivity (Wildman–Crippen MR) is 112 cm³/mol. The standard InChI is InChI=1S/C21H24IN2/c1-17-13-10-8-6-5-7-9-11-14-18(2)24(19(17)3)21-16-12-15-20(22)23(21)4/h7-16H,2-3,5-6H2,1,4H3/q+1/b9-7-,10-8-,14-11-,17-13-. The van der Waals surface area contributed by atoms with Crippen molar-refractivity contribution in [3.8, 4) is 0 Å². The Labute approximate surface area is 159 Å². The van der Waals surface area contributed by atoms with Crippen LogP contribution in [0.25, 0.3) is 0 Å². The normalized spacial score (nSPS) is 22.6. The number of halogens is 1. The lowest BCUT2D eigenvalue weighted by atomic mass is 10.1. The molecule has 0 fully saturated rings. The summed E-state index contributed by atoms with van der Waals surface area (Å²) in [7, 11) is 2.06. The van der Waals surface area contributed by atoms with Gasteiger partial charge in [-0.15, -0.1) is 0 Å². The molecule has 2 heterocycles. The van der Waals surface area contributed by atoms with Crippen LogP contribution >= 0.6 is 22.6 Å². The molecule has 0 aromatic carbocycles. The van der Waals surface area contributed by atoms with Crippen molar-refractivity contribution in [1.29, 1.82) is 0 Å². The third-order valence-electron chi connectivity index (χ3n) is 3.90. The summed E-state index contributed by atoms with van der Waals surface area (Å²) in [6.45, 7) is 10.7. The number of anilines is 1. The fourth-order valence-electron chi connectivity index (χ4n) is 2.42. The average molecular weight is 431 g/mol. The van der Waals surface area contributed by atoms with E-state index in [0.29, 0.717) is 0 Å². The zero-order valence-electron chi connectivity index (χ0n) is 14.4. The fraction of sp³-hybridized carbons (Fsp3) is 0.190. The number of hydrogen-bond acceptors (Lipinski definition) is 1. The number of hydrogen-bond donors (Lipinski definition) is 0. The van der Waals surface area contributed by atoms with Crippen LogP contribution in [0.5, 0.6) is 0 Å². The summed E-state index contributed by atoms with van der Waals surface area (Å²) in [4.78, 5) is 2.10. The summed E-state index contributed by atoms with van der Waals surface area (Å²) in [5.41, 5.74) is 2.93. The molecule has 0 saturated heterocycles. The molecule has 0 bridgehead atoms. The third-order valence-corrected chi connectivity index (χ3v) is 4.99. The Bertz CT molecular complexity index is 751. The van der Waals surface area contributed by atoms with Crippen LogP contribution in [0.4, 0.5) is 5.82 Å². The van der Waals surface area contributed by atoms with Crippen molar-refractivity contribution in [2.24, 2.45) is 7.05 Å². The van der Waals surface area contributed by atoms with Crippen LogP contribution in [0.15, 0.2) is 90.9 Å². The maximum Gasteiger partial charge on any atom is 0.287 e. The van der Waals surface area contributed by atoms with E-state index in [9.17, 15) is 0 Å². The minimum absolute atomic E-state index is 0.887.